The lowest BCUT2D eigenvalue weighted by atomic mass is 10.0. The summed E-state index contributed by atoms with van der Waals surface area (Å²) < 4.78 is 12.2. The number of hydrazone groups is 1. The normalized spacial score (nSPS) is 15.5. The zero-order valence-electron chi connectivity index (χ0n) is 16.6. The van der Waals surface area contributed by atoms with Crippen LogP contribution in [0.2, 0.25) is 0 Å². The molecule has 0 saturated carbocycles. The maximum atomic E-state index is 5.74. The van der Waals surface area contributed by atoms with Gasteiger partial charge in [0.15, 0.2) is 0 Å². The second-order valence-electron chi connectivity index (χ2n) is 6.88. The second-order valence-corrected chi connectivity index (χ2v) is 8.96. The molecule has 2 aromatic heterocycles. The Balaban J connectivity index is 0.00000231. The van der Waals surface area contributed by atoms with E-state index in [0.717, 1.165) is 45.6 Å². The molecule has 0 radical (unpaired) electrons. The smallest absolute Gasteiger partial charge is 0.207 e. The van der Waals surface area contributed by atoms with E-state index in [0.29, 0.717) is 0 Å². The monoisotopic (exact) mass is 607 g/mol. The maximum Gasteiger partial charge on any atom is 0.207 e. The number of hydrogen-bond donors (Lipinski definition) is 0. The zero-order chi connectivity index (χ0) is 20.5. The molecule has 2 aromatic carbocycles. The molecule has 4 aromatic rings. The van der Waals surface area contributed by atoms with Crippen LogP contribution in [0.15, 0.2) is 81.8 Å². The van der Waals surface area contributed by atoms with E-state index in [2.05, 4.69) is 52.2 Å². The minimum atomic E-state index is -0.0205. The number of rotatable bonds is 5. The van der Waals surface area contributed by atoms with E-state index in [1.165, 1.54) is 3.57 Å². The van der Waals surface area contributed by atoms with Crippen molar-refractivity contribution in [3.05, 3.63) is 87.2 Å². The molecule has 0 saturated heterocycles. The van der Waals surface area contributed by atoms with Gasteiger partial charge < -0.3 is 9.15 Å². The third-order valence-electron chi connectivity index (χ3n) is 5.03. The van der Waals surface area contributed by atoms with E-state index >= 15 is 0 Å². The van der Waals surface area contributed by atoms with Crippen LogP contribution in [-0.2, 0) is 0 Å². The van der Waals surface area contributed by atoms with Crippen molar-refractivity contribution in [1.29, 1.82) is 0 Å². The molecule has 0 fully saturated rings. The number of nitrogens with zero attached hydrogens (tertiary/aromatic N) is 3. The molecule has 1 aliphatic heterocycles. The third kappa shape index (κ3) is 4.56. The molecular formula is C23H19BrIN3O2S. The van der Waals surface area contributed by atoms with Crippen molar-refractivity contribution in [3.8, 4) is 17.0 Å². The Morgan fingerprint density at radius 2 is 1.81 bits per heavy atom. The Morgan fingerprint density at radius 3 is 2.48 bits per heavy atom. The maximum absolute atomic E-state index is 5.74. The molecule has 0 aliphatic carbocycles. The Morgan fingerprint density at radius 1 is 1.06 bits per heavy atom. The fourth-order valence-electron chi connectivity index (χ4n) is 3.47. The van der Waals surface area contributed by atoms with Crippen LogP contribution in [-0.4, -0.2) is 17.8 Å². The van der Waals surface area contributed by atoms with Gasteiger partial charge in [0.2, 0.25) is 5.13 Å². The molecule has 1 atom stereocenters. The molecule has 0 amide bonds. The van der Waals surface area contributed by atoms with Gasteiger partial charge in [-0.3, -0.25) is 0 Å². The summed E-state index contributed by atoms with van der Waals surface area (Å²) in [5, 5.41) is 9.86. The van der Waals surface area contributed by atoms with Gasteiger partial charge in [-0.05, 0) is 76.7 Å². The molecule has 31 heavy (non-hydrogen) atoms. The summed E-state index contributed by atoms with van der Waals surface area (Å²) in [7, 11) is 1.67. The van der Waals surface area contributed by atoms with Crippen LogP contribution >= 0.6 is 50.9 Å². The second kappa shape index (κ2) is 9.54. The Bertz CT molecular complexity index is 1170. The van der Waals surface area contributed by atoms with Crippen molar-refractivity contribution in [2.24, 2.45) is 5.10 Å². The highest BCUT2D eigenvalue weighted by Gasteiger charge is 2.33. The predicted octanol–water partition coefficient (Wildman–Crippen LogP) is 6.95. The van der Waals surface area contributed by atoms with E-state index < -0.39 is 0 Å². The first kappa shape index (κ1) is 22.0. The van der Waals surface area contributed by atoms with Gasteiger partial charge in [0.1, 0.15) is 17.6 Å². The van der Waals surface area contributed by atoms with Crippen LogP contribution in [0.3, 0.4) is 0 Å². The molecule has 0 spiro atoms. The van der Waals surface area contributed by atoms with Crippen LogP contribution in [0.1, 0.15) is 23.8 Å². The number of furan rings is 1. The van der Waals surface area contributed by atoms with Crippen molar-refractivity contribution in [1.82, 2.24) is 4.98 Å². The largest absolute Gasteiger partial charge is 0.497 e. The van der Waals surface area contributed by atoms with Crippen LogP contribution in [0.4, 0.5) is 5.13 Å². The molecule has 0 N–H and O–H groups in total. The van der Waals surface area contributed by atoms with Crippen LogP contribution in [0, 0.1) is 3.57 Å². The quantitative estimate of drug-likeness (QED) is 0.230. The van der Waals surface area contributed by atoms with Crippen molar-refractivity contribution < 1.29 is 9.15 Å². The summed E-state index contributed by atoms with van der Waals surface area (Å²) in [6.07, 6.45) is 2.45. The highest BCUT2D eigenvalue weighted by atomic mass is 127. The lowest BCUT2D eigenvalue weighted by Crippen LogP contribution is -2.17. The van der Waals surface area contributed by atoms with E-state index in [-0.39, 0.29) is 23.0 Å². The highest BCUT2D eigenvalue weighted by Crippen LogP contribution is 2.39. The van der Waals surface area contributed by atoms with Crippen molar-refractivity contribution in [2.45, 2.75) is 12.5 Å². The molecule has 3 heterocycles. The van der Waals surface area contributed by atoms with E-state index in [9.17, 15) is 0 Å². The molecule has 158 valence electrons. The van der Waals surface area contributed by atoms with Crippen molar-refractivity contribution >= 4 is 61.8 Å². The Hall–Kier alpha value is -2.17. The predicted molar refractivity (Wildman–Crippen MR) is 139 cm³/mol. The molecule has 8 heteroatoms. The molecule has 5 nitrogen and oxygen atoms in total. The standard InChI is InChI=1S/C23H18IN3O2S.BrH/c1-28-18-10-6-15(7-11-18)19-13-21(22-3-2-12-29-22)27(26-19)23-25-20(14-30-23)16-4-8-17(24)9-5-16;/h2-12,14,21H,13H2,1H3;1H. The molecule has 1 unspecified atom stereocenters. The SMILES string of the molecule is Br.COc1ccc(C2=NN(c3nc(-c4ccc(I)cc4)cs3)C(c3ccco3)C2)cc1. The first-order valence-electron chi connectivity index (χ1n) is 9.47. The number of ether oxygens (including phenoxy) is 1. The number of aromatic nitrogens is 1. The number of thiazole rings is 1. The number of benzene rings is 2. The van der Waals surface area contributed by atoms with Gasteiger partial charge in [-0.2, -0.15) is 5.10 Å². The third-order valence-corrected chi connectivity index (χ3v) is 6.58. The number of halogens is 2. The van der Waals surface area contributed by atoms with E-state index in [1.54, 1.807) is 24.7 Å². The fourth-order valence-corrected chi connectivity index (χ4v) is 4.66. The molecule has 1 aliphatic rings. The Kier molecular flexibility index (Phi) is 6.78. The van der Waals surface area contributed by atoms with Gasteiger partial charge in [-0.25, -0.2) is 9.99 Å². The van der Waals surface area contributed by atoms with Gasteiger partial charge in [-0.1, -0.05) is 12.1 Å². The fraction of sp³-hybridized carbons (Fsp3) is 0.130. The highest BCUT2D eigenvalue weighted by molar-refractivity contribution is 14.1. The summed E-state index contributed by atoms with van der Waals surface area (Å²) in [6, 6.07) is 20.3. The zero-order valence-corrected chi connectivity index (χ0v) is 21.3. The minimum Gasteiger partial charge on any atom is -0.497 e. The van der Waals surface area contributed by atoms with Gasteiger partial charge in [-0.15, -0.1) is 28.3 Å². The number of methoxy groups -OCH3 is 1. The summed E-state index contributed by atoms with van der Waals surface area (Å²) in [5.41, 5.74) is 4.14. The van der Waals surface area contributed by atoms with Gasteiger partial charge in [0, 0.05) is 20.9 Å². The Labute approximate surface area is 208 Å². The topological polar surface area (TPSA) is 50.9 Å². The lowest BCUT2D eigenvalue weighted by molar-refractivity contribution is 0.415. The summed E-state index contributed by atoms with van der Waals surface area (Å²) in [6.45, 7) is 0. The summed E-state index contributed by atoms with van der Waals surface area (Å²) in [4.78, 5) is 4.88. The van der Waals surface area contributed by atoms with E-state index in [1.807, 2.05) is 41.4 Å². The number of anilines is 1. The average Bonchev–Trinajstić information content (AvgIpc) is 3.54. The van der Waals surface area contributed by atoms with Gasteiger partial charge >= 0.3 is 0 Å². The van der Waals surface area contributed by atoms with Gasteiger partial charge in [0.25, 0.3) is 0 Å². The van der Waals surface area contributed by atoms with Gasteiger partial charge in [0.05, 0.1) is 24.8 Å². The molecule has 5 rings (SSSR count). The first-order valence-corrected chi connectivity index (χ1v) is 11.4. The summed E-state index contributed by atoms with van der Waals surface area (Å²) >= 11 is 3.90. The van der Waals surface area contributed by atoms with Crippen molar-refractivity contribution in [3.63, 3.8) is 0 Å². The molecular weight excluding hydrogens is 589 g/mol. The summed E-state index contributed by atoms with van der Waals surface area (Å²) in [5.74, 6) is 1.71. The van der Waals surface area contributed by atoms with Crippen LogP contribution in [0.25, 0.3) is 11.3 Å². The average molecular weight is 608 g/mol. The van der Waals surface area contributed by atoms with Crippen LogP contribution in [0.5, 0.6) is 5.75 Å². The lowest BCUT2D eigenvalue weighted by Gasteiger charge is -2.18. The van der Waals surface area contributed by atoms with E-state index in [4.69, 9.17) is 19.2 Å². The molecule has 0 bridgehead atoms. The van der Waals surface area contributed by atoms with Crippen LogP contribution < -0.4 is 9.75 Å². The first-order chi connectivity index (χ1) is 14.7. The number of hydrogen-bond acceptors (Lipinski definition) is 6. The van der Waals surface area contributed by atoms with Crippen molar-refractivity contribution in [2.75, 3.05) is 12.1 Å². The minimum absolute atomic E-state index is 0.